The van der Waals surface area contributed by atoms with Crippen LogP contribution in [-0.4, -0.2) is 3.26 Å². The van der Waals surface area contributed by atoms with Gasteiger partial charge < -0.3 is 24.8 Å². The van der Waals surface area contributed by atoms with Crippen molar-refractivity contribution in [1.82, 2.24) is 0 Å². The number of fused-ring (bicyclic) bond motifs is 3. The van der Waals surface area contributed by atoms with Crippen molar-refractivity contribution >= 4 is 6.58 Å². The molecule has 0 atom stereocenters. The van der Waals surface area contributed by atoms with Crippen LogP contribution in [0.15, 0.2) is 66.8 Å². The summed E-state index contributed by atoms with van der Waals surface area (Å²) in [6, 6.07) is 16.2. The molecule has 0 spiro atoms. The number of hydrogen-bond donors (Lipinski definition) is 0. The molecule has 3 heteroatoms. The summed E-state index contributed by atoms with van der Waals surface area (Å²) < 4.78 is 4.56. The third kappa shape index (κ3) is 3.88. The van der Waals surface area contributed by atoms with E-state index in [1.807, 2.05) is 3.26 Å². The van der Waals surface area contributed by atoms with Gasteiger partial charge in [0.05, 0.1) is 0 Å². The van der Waals surface area contributed by atoms with Gasteiger partial charge in [-0.1, -0.05) is 0 Å². The van der Waals surface area contributed by atoms with Gasteiger partial charge in [-0.2, -0.15) is 0 Å². The molecule has 0 nitrogen and oxygen atoms in total. The quantitative estimate of drug-likeness (QED) is 0.373. The van der Waals surface area contributed by atoms with Crippen LogP contribution in [0, 0.1) is 0 Å². The summed E-state index contributed by atoms with van der Waals surface area (Å²) >= 11 is -2.08. The molecule has 27 heavy (non-hydrogen) atoms. The molecular formula is C24H24Cl2Hf. The molecule has 0 aliphatic heterocycles. The average Bonchev–Trinajstić information content (AvgIpc) is 3.31. The molecule has 3 aliphatic carbocycles. The van der Waals surface area contributed by atoms with Crippen LogP contribution in [0.25, 0.3) is 11.1 Å². The van der Waals surface area contributed by atoms with Crippen molar-refractivity contribution in [3.8, 4) is 11.1 Å². The van der Waals surface area contributed by atoms with Gasteiger partial charge in [0.1, 0.15) is 0 Å². The van der Waals surface area contributed by atoms with Crippen LogP contribution in [0.1, 0.15) is 43.2 Å². The Labute approximate surface area is 182 Å². The zero-order chi connectivity index (χ0) is 16.6. The molecule has 0 saturated heterocycles. The maximum atomic E-state index is 2.51. The second kappa shape index (κ2) is 9.16. The van der Waals surface area contributed by atoms with Gasteiger partial charge in [0.25, 0.3) is 0 Å². The normalized spacial score (nSPS) is 16.8. The second-order valence-electron chi connectivity index (χ2n) is 7.54. The second-order valence-corrected chi connectivity index (χ2v) is 17.4. The van der Waals surface area contributed by atoms with Crippen LogP contribution in [-0.2, 0) is 27.4 Å². The molecule has 1 fully saturated rings. The SMILES string of the molecule is C1=C[CH]([Hf+2](=[C]2CCCCC2)[c]2cccc3c2Cc2ccccc2-3)C=C1.[Cl-].[Cl-]. The summed E-state index contributed by atoms with van der Waals surface area (Å²) in [7, 11) is 0. The zero-order valence-corrected chi connectivity index (χ0v) is 20.5. The monoisotopic (exact) mass is 562 g/mol. The van der Waals surface area contributed by atoms with E-state index in [1.165, 1.54) is 48.8 Å². The molecule has 0 unspecified atom stereocenters. The minimum Gasteiger partial charge on any atom is -1.00 e. The molecule has 0 radical (unpaired) electrons. The van der Waals surface area contributed by atoms with Gasteiger partial charge in [0.15, 0.2) is 0 Å². The van der Waals surface area contributed by atoms with E-state index in [4.69, 9.17) is 0 Å². The van der Waals surface area contributed by atoms with Crippen molar-refractivity contribution in [3.63, 3.8) is 0 Å². The first-order chi connectivity index (χ1) is 12.4. The molecule has 0 heterocycles. The zero-order valence-electron chi connectivity index (χ0n) is 15.4. The molecule has 2 aromatic carbocycles. The van der Waals surface area contributed by atoms with E-state index in [2.05, 4.69) is 66.8 Å². The Balaban J connectivity index is 0.00000105. The van der Waals surface area contributed by atoms with Gasteiger partial charge in [-0.05, 0) is 0 Å². The minimum atomic E-state index is -2.08. The third-order valence-corrected chi connectivity index (χ3v) is 18.1. The van der Waals surface area contributed by atoms with Gasteiger partial charge in [0.2, 0.25) is 0 Å². The summed E-state index contributed by atoms with van der Waals surface area (Å²) in [5.74, 6) is 0. The molecule has 0 N–H and O–H groups in total. The number of hydrogen-bond acceptors (Lipinski definition) is 0. The number of benzene rings is 2. The van der Waals surface area contributed by atoms with Crippen molar-refractivity contribution in [2.24, 2.45) is 0 Å². The van der Waals surface area contributed by atoms with E-state index in [1.54, 1.807) is 8.88 Å². The fraction of sp³-hybridized carbons (Fsp3) is 0.292. The molecule has 0 aromatic heterocycles. The Hall–Kier alpha value is -0.760. The van der Waals surface area contributed by atoms with Crippen molar-refractivity contribution in [1.29, 1.82) is 0 Å². The van der Waals surface area contributed by atoms with Crippen LogP contribution >= 0.6 is 0 Å². The summed E-state index contributed by atoms with van der Waals surface area (Å²) in [6.45, 7) is 0. The van der Waals surface area contributed by atoms with Crippen LogP contribution < -0.4 is 28.1 Å². The third-order valence-electron chi connectivity index (χ3n) is 6.06. The van der Waals surface area contributed by atoms with E-state index >= 15 is 0 Å². The van der Waals surface area contributed by atoms with E-state index in [0.717, 1.165) is 10.1 Å². The van der Waals surface area contributed by atoms with E-state index in [-0.39, 0.29) is 24.8 Å². The fourth-order valence-corrected chi connectivity index (χ4v) is 17.6. The Morgan fingerprint density at radius 1 is 0.741 bits per heavy atom. The van der Waals surface area contributed by atoms with Crippen molar-refractivity contribution < 1.29 is 45.8 Å². The van der Waals surface area contributed by atoms with Crippen LogP contribution in [0.3, 0.4) is 0 Å². The molecule has 2 aromatic rings. The predicted molar refractivity (Wildman–Crippen MR) is 104 cm³/mol. The van der Waals surface area contributed by atoms with Crippen LogP contribution in [0.4, 0.5) is 0 Å². The first-order valence-electron chi connectivity index (χ1n) is 9.69. The van der Waals surface area contributed by atoms with Crippen molar-refractivity contribution in [2.75, 3.05) is 0 Å². The van der Waals surface area contributed by atoms with E-state index in [9.17, 15) is 0 Å². The van der Waals surface area contributed by atoms with Crippen molar-refractivity contribution in [2.45, 2.75) is 42.2 Å². The Kier molecular flexibility index (Phi) is 7.11. The summed E-state index contributed by atoms with van der Waals surface area (Å²) in [4.78, 5) is 0. The number of rotatable bonds is 2. The molecular weight excluding hydrogens is 538 g/mol. The molecule has 5 rings (SSSR count). The van der Waals surface area contributed by atoms with Gasteiger partial charge in [-0.3, -0.25) is 0 Å². The molecule has 0 amide bonds. The van der Waals surface area contributed by atoms with Crippen LogP contribution in [0.2, 0.25) is 3.67 Å². The Morgan fingerprint density at radius 3 is 2.22 bits per heavy atom. The van der Waals surface area contributed by atoms with Crippen LogP contribution in [0.5, 0.6) is 0 Å². The van der Waals surface area contributed by atoms with Gasteiger partial charge >= 0.3 is 159 Å². The molecule has 1 saturated carbocycles. The smallest absolute Gasteiger partial charge is 1.00 e. The minimum absolute atomic E-state index is 0. The number of allylic oxidation sites excluding steroid dienone is 4. The van der Waals surface area contributed by atoms with Gasteiger partial charge in [0, 0.05) is 0 Å². The summed E-state index contributed by atoms with van der Waals surface area (Å²) in [6.07, 6.45) is 17.9. The summed E-state index contributed by atoms with van der Waals surface area (Å²) in [5, 5.41) is 0. The maximum absolute atomic E-state index is 2.51. The van der Waals surface area contributed by atoms with Crippen molar-refractivity contribution in [3.05, 3.63) is 77.9 Å². The van der Waals surface area contributed by atoms with Gasteiger partial charge in [-0.15, -0.1) is 0 Å². The maximum Gasteiger partial charge on any atom is -1.00 e. The average molecular weight is 562 g/mol. The first kappa shape index (κ1) is 21.0. The topological polar surface area (TPSA) is 0 Å². The largest absolute Gasteiger partial charge is 1.00 e. The molecule has 3 aliphatic rings. The Morgan fingerprint density at radius 2 is 1.44 bits per heavy atom. The first-order valence-corrected chi connectivity index (χ1v) is 15.4. The predicted octanol–water partition coefficient (Wildman–Crippen LogP) is -0.440. The van der Waals surface area contributed by atoms with E-state index in [0.29, 0.717) is 0 Å². The Bertz CT molecular complexity index is 904. The summed E-state index contributed by atoms with van der Waals surface area (Å²) in [5.41, 5.74) is 6.22. The number of halogens is 2. The standard InChI is InChI=1S/C13H9.C6H10.C5H5.2ClH.Hf/c1-3-7-12-10(5-1)9-11-6-2-4-8-13(11)12;1-2-4-6-5-3-1;1-2-4-5-3-1;;;/h1-5,7-8H,9H2;1-5H2;1-5H;2*1H;/q;;;;;+2/p-2. The van der Waals surface area contributed by atoms with Gasteiger partial charge in [-0.25, -0.2) is 0 Å². The molecule has 0 bridgehead atoms. The molecule has 138 valence electrons. The fourth-order valence-electron chi connectivity index (χ4n) is 4.89. The van der Waals surface area contributed by atoms with E-state index < -0.39 is 21.0 Å².